The molecule has 178 valence electrons. The normalized spacial score (nSPS) is 14.9. The third-order valence-electron chi connectivity index (χ3n) is 5.50. The van der Waals surface area contributed by atoms with Gasteiger partial charge in [0.2, 0.25) is 0 Å². The van der Waals surface area contributed by atoms with Crippen LogP contribution in [0.1, 0.15) is 29.2 Å². The summed E-state index contributed by atoms with van der Waals surface area (Å²) in [7, 11) is 0. The fourth-order valence-electron chi connectivity index (χ4n) is 3.74. The van der Waals surface area contributed by atoms with Crippen molar-refractivity contribution in [2.75, 3.05) is 11.5 Å². The van der Waals surface area contributed by atoms with Crippen LogP contribution < -0.4 is 15.0 Å². The number of barbiturate groups is 1. The van der Waals surface area contributed by atoms with Gasteiger partial charge in [0.15, 0.2) is 0 Å². The van der Waals surface area contributed by atoms with E-state index in [9.17, 15) is 18.8 Å². The Labute approximate surface area is 207 Å². The van der Waals surface area contributed by atoms with Crippen LogP contribution in [0.3, 0.4) is 0 Å². The summed E-state index contributed by atoms with van der Waals surface area (Å²) in [6.07, 6.45) is 1.85. The SMILES string of the molecule is CCOc1cc(/C=C2\C(=O)NC(=O)N(c3ccc(C)c(Cl)c3)C2=O)ccc1Cc1cccc(F)c1. The molecule has 0 radical (unpaired) electrons. The fraction of sp³-hybridized carbons (Fsp3) is 0.148. The predicted octanol–water partition coefficient (Wildman–Crippen LogP) is 5.44. The van der Waals surface area contributed by atoms with Gasteiger partial charge in [0.05, 0.1) is 12.3 Å². The third-order valence-corrected chi connectivity index (χ3v) is 5.91. The van der Waals surface area contributed by atoms with E-state index in [1.807, 2.05) is 13.0 Å². The van der Waals surface area contributed by atoms with E-state index in [1.54, 1.807) is 43.3 Å². The molecular formula is C27H22ClFN2O4. The Balaban J connectivity index is 1.67. The van der Waals surface area contributed by atoms with Gasteiger partial charge in [-0.05, 0) is 72.5 Å². The first-order chi connectivity index (χ1) is 16.8. The Morgan fingerprint density at radius 1 is 1.06 bits per heavy atom. The molecule has 1 N–H and O–H groups in total. The van der Waals surface area contributed by atoms with Crippen LogP contribution in [0.5, 0.6) is 5.75 Å². The highest BCUT2D eigenvalue weighted by Crippen LogP contribution is 2.28. The smallest absolute Gasteiger partial charge is 0.335 e. The second-order valence-electron chi connectivity index (χ2n) is 8.00. The topological polar surface area (TPSA) is 75.7 Å². The van der Waals surface area contributed by atoms with E-state index in [0.717, 1.165) is 21.6 Å². The molecule has 1 aliphatic rings. The molecule has 1 heterocycles. The van der Waals surface area contributed by atoms with Crippen molar-refractivity contribution in [3.63, 3.8) is 0 Å². The van der Waals surface area contributed by atoms with Crippen LogP contribution in [-0.2, 0) is 16.0 Å². The predicted molar refractivity (Wildman–Crippen MR) is 132 cm³/mol. The Morgan fingerprint density at radius 3 is 2.57 bits per heavy atom. The van der Waals surface area contributed by atoms with Gasteiger partial charge in [0, 0.05) is 11.4 Å². The van der Waals surface area contributed by atoms with E-state index in [2.05, 4.69) is 5.32 Å². The van der Waals surface area contributed by atoms with E-state index >= 15 is 0 Å². The molecule has 1 saturated heterocycles. The second kappa shape index (κ2) is 10.1. The maximum absolute atomic E-state index is 13.6. The van der Waals surface area contributed by atoms with Crippen molar-refractivity contribution in [2.45, 2.75) is 20.3 Å². The minimum atomic E-state index is -0.850. The molecule has 1 fully saturated rings. The zero-order valence-corrected chi connectivity index (χ0v) is 19.9. The number of nitrogens with one attached hydrogen (secondary N) is 1. The zero-order valence-electron chi connectivity index (χ0n) is 19.1. The quantitative estimate of drug-likeness (QED) is 0.367. The summed E-state index contributed by atoms with van der Waals surface area (Å²) in [5, 5.41) is 2.59. The number of aryl methyl sites for hydroxylation is 1. The number of imide groups is 2. The first-order valence-corrected chi connectivity index (χ1v) is 11.3. The summed E-state index contributed by atoms with van der Waals surface area (Å²) in [5.74, 6) is -1.33. The fourth-order valence-corrected chi connectivity index (χ4v) is 3.92. The van der Waals surface area contributed by atoms with E-state index in [4.69, 9.17) is 16.3 Å². The minimum Gasteiger partial charge on any atom is -0.494 e. The van der Waals surface area contributed by atoms with E-state index in [-0.39, 0.29) is 17.1 Å². The van der Waals surface area contributed by atoms with Crippen molar-refractivity contribution >= 4 is 41.2 Å². The molecule has 0 spiro atoms. The van der Waals surface area contributed by atoms with E-state index < -0.39 is 17.8 Å². The summed E-state index contributed by atoms with van der Waals surface area (Å²) < 4.78 is 19.4. The van der Waals surface area contributed by atoms with Gasteiger partial charge >= 0.3 is 6.03 Å². The van der Waals surface area contributed by atoms with Crippen LogP contribution >= 0.6 is 11.6 Å². The van der Waals surface area contributed by atoms with Gasteiger partial charge in [0.1, 0.15) is 17.1 Å². The molecule has 4 rings (SSSR count). The number of ether oxygens (including phenoxy) is 1. The number of urea groups is 1. The number of hydrogen-bond donors (Lipinski definition) is 1. The lowest BCUT2D eigenvalue weighted by atomic mass is 10.0. The Bertz CT molecular complexity index is 1370. The molecular weight excluding hydrogens is 471 g/mol. The summed E-state index contributed by atoms with van der Waals surface area (Å²) in [5.41, 5.74) is 2.97. The summed E-state index contributed by atoms with van der Waals surface area (Å²) >= 11 is 6.17. The molecule has 35 heavy (non-hydrogen) atoms. The number of nitrogens with zero attached hydrogens (tertiary/aromatic N) is 1. The molecule has 0 saturated carbocycles. The number of rotatable bonds is 6. The molecule has 0 atom stereocenters. The second-order valence-corrected chi connectivity index (χ2v) is 8.41. The average Bonchev–Trinajstić information content (AvgIpc) is 2.80. The van der Waals surface area contributed by atoms with Gasteiger partial charge in [-0.2, -0.15) is 0 Å². The number of amides is 4. The summed E-state index contributed by atoms with van der Waals surface area (Å²) in [4.78, 5) is 39.0. The molecule has 4 amide bonds. The molecule has 0 unspecified atom stereocenters. The zero-order chi connectivity index (χ0) is 25.1. The average molecular weight is 493 g/mol. The van der Waals surface area contributed by atoms with Gasteiger partial charge in [0.25, 0.3) is 11.8 Å². The van der Waals surface area contributed by atoms with Crippen molar-refractivity contribution in [3.05, 3.63) is 99.3 Å². The number of halogens is 2. The molecule has 3 aromatic rings. The van der Waals surface area contributed by atoms with Gasteiger partial charge < -0.3 is 4.74 Å². The van der Waals surface area contributed by atoms with Gasteiger partial charge in [-0.3, -0.25) is 14.9 Å². The Kier molecular flexibility index (Phi) is 6.98. The monoisotopic (exact) mass is 492 g/mol. The first kappa shape index (κ1) is 24.2. The van der Waals surface area contributed by atoms with E-state index in [1.165, 1.54) is 24.3 Å². The largest absolute Gasteiger partial charge is 0.494 e. The van der Waals surface area contributed by atoms with Gasteiger partial charge in [-0.1, -0.05) is 41.9 Å². The Hall–Kier alpha value is -3.97. The van der Waals surface area contributed by atoms with Crippen molar-refractivity contribution < 1.29 is 23.5 Å². The molecule has 6 nitrogen and oxygen atoms in total. The number of carbonyl (C=O) groups excluding carboxylic acids is 3. The molecule has 0 aliphatic carbocycles. The molecule has 8 heteroatoms. The third kappa shape index (κ3) is 5.25. The van der Waals surface area contributed by atoms with Crippen molar-refractivity contribution in [1.82, 2.24) is 5.32 Å². The maximum Gasteiger partial charge on any atom is 0.335 e. The minimum absolute atomic E-state index is 0.207. The summed E-state index contributed by atoms with van der Waals surface area (Å²) in [6.45, 7) is 4.03. The highest BCUT2D eigenvalue weighted by Gasteiger charge is 2.37. The van der Waals surface area contributed by atoms with Crippen LogP contribution in [0.2, 0.25) is 5.02 Å². The molecule has 3 aromatic carbocycles. The number of anilines is 1. The van der Waals surface area contributed by atoms with Crippen molar-refractivity contribution in [2.24, 2.45) is 0 Å². The number of hydrogen-bond acceptors (Lipinski definition) is 4. The van der Waals surface area contributed by atoms with Crippen LogP contribution in [0.4, 0.5) is 14.9 Å². The van der Waals surface area contributed by atoms with Crippen LogP contribution in [0, 0.1) is 12.7 Å². The number of benzene rings is 3. The lowest BCUT2D eigenvalue weighted by molar-refractivity contribution is -0.122. The first-order valence-electron chi connectivity index (χ1n) is 10.9. The van der Waals surface area contributed by atoms with E-state index in [0.29, 0.717) is 29.4 Å². The van der Waals surface area contributed by atoms with Gasteiger partial charge in [-0.15, -0.1) is 0 Å². The van der Waals surface area contributed by atoms with Crippen molar-refractivity contribution in [3.8, 4) is 5.75 Å². The Morgan fingerprint density at radius 2 is 1.86 bits per heavy atom. The summed E-state index contributed by atoms with van der Waals surface area (Å²) in [6, 6.07) is 15.5. The highest BCUT2D eigenvalue weighted by molar-refractivity contribution is 6.39. The highest BCUT2D eigenvalue weighted by atomic mass is 35.5. The number of carbonyl (C=O) groups is 3. The molecule has 1 aliphatic heterocycles. The molecule has 0 bridgehead atoms. The standard InChI is InChI=1S/C27H22ClFN2O4/c1-3-35-24-14-18(8-9-19(24)11-17-5-4-6-20(29)12-17)13-22-25(32)30-27(34)31(26(22)33)21-10-7-16(2)23(28)15-21/h4-10,12-15H,3,11H2,1-2H3,(H,30,32,34)/b22-13+. The molecule has 0 aromatic heterocycles. The maximum atomic E-state index is 13.6. The van der Waals surface area contributed by atoms with Crippen LogP contribution in [-0.4, -0.2) is 24.5 Å². The lowest BCUT2D eigenvalue weighted by Gasteiger charge is -2.26. The van der Waals surface area contributed by atoms with Crippen molar-refractivity contribution in [1.29, 1.82) is 0 Å². The van der Waals surface area contributed by atoms with Crippen LogP contribution in [0.25, 0.3) is 6.08 Å². The van der Waals surface area contributed by atoms with Crippen LogP contribution in [0.15, 0.2) is 66.2 Å². The lowest BCUT2D eigenvalue weighted by Crippen LogP contribution is -2.54. The van der Waals surface area contributed by atoms with Gasteiger partial charge in [-0.25, -0.2) is 14.1 Å².